The van der Waals surface area contributed by atoms with Gasteiger partial charge in [-0.1, -0.05) is 0 Å². The van der Waals surface area contributed by atoms with Crippen molar-refractivity contribution in [3.05, 3.63) is 18.1 Å². The first kappa shape index (κ1) is 10.9. The summed E-state index contributed by atoms with van der Waals surface area (Å²) in [5, 5.41) is 8.71. The number of nitrogens with zero attached hydrogens (tertiary/aromatic N) is 3. The van der Waals surface area contributed by atoms with Crippen LogP contribution in [-0.2, 0) is 4.79 Å². The van der Waals surface area contributed by atoms with Crippen LogP contribution in [0.1, 0.15) is 16.9 Å². The summed E-state index contributed by atoms with van der Waals surface area (Å²) in [5.41, 5.74) is -0.173. The highest BCUT2D eigenvalue weighted by Crippen LogP contribution is 2.21. The van der Waals surface area contributed by atoms with Gasteiger partial charge in [-0.05, 0) is 0 Å². The topological polar surface area (TPSA) is 83.4 Å². The fourth-order valence-corrected chi connectivity index (χ4v) is 1.82. The second-order valence-electron chi connectivity index (χ2n) is 3.43. The van der Waals surface area contributed by atoms with Gasteiger partial charge in [0.2, 0.25) is 5.91 Å². The van der Waals surface area contributed by atoms with Gasteiger partial charge in [-0.25, -0.2) is 9.78 Å². The number of carboxylic acid groups (broad SMARTS) is 1. The lowest BCUT2D eigenvalue weighted by atomic mass is 10.4. The zero-order valence-corrected chi connectivity index (χ0v) is 9.09. The van der Waals surface area contributed by atoms with Gasteiger partial charge in [0, 0.05) is 18.2 Å². The number of hydrogen-bond acceptors (Lipinski definition) is 5. The minimum absolute atomic E-state index is 0.0391. The van der Waals surface area contributed by atoms with Crippen molar-refractivity contribution < 1.29 is 14.7 Å². The predicted octanol–water partition coefficient (Wildman–Crippen LogP) is 0.210. The number of amides is 1. The summed E-state index contributed by atoms with van der Waals surface area (Å²) in [5.74, 6) is -1.01. The maximum Gasteiger partial charge on any atom is 0.356 e. The minimum Gasteiger partial charge on any atom is -0.476 e. The Labute approximate surface area is 96.7 Å². The van der Waals surface area contributed by atoms with Crippen molar-refractivity contribution in [1.29, 1.82) is 0 Å². The van der Waals surface area contributed by atoms with Gasteiger partial charge < -0.3 is 5.11 Å². The molecule has 0 saturated carbocycles. The van der Waals surface area contributed by atoms with E-state index in [1.54, 1.807) is 0 Å². The van der Waals surface area contributed by atoms with Crippen molar-refractivity contribution in [2.24, 2.45) is 0 Å². The molecular formula is C9H9N3O3S. The van der Waals surface area contributed by atoms with Crippen LogP contribution in [0.15, 0.2) is 12.4 Å². The Bertz CT molecular complexity index is 451. The Hall–Kier alpha value is -1.63. The molecular weight excluding hydrogens is 230 g/mol. The van der Waals surface area contributed by atoms with Gasteiger partial charge >= 0.3 is 5.97 Å². The molecule has 1 aromatic heterocycles. The van der Waals surface area contributed by atoms with Crippen molar-refractivity contribution in [2.75, 3.05) is 11.4 Å². The standard InChI is InChI=1S/C9H9N3O3S/c13-8-1-5(16)4-12(8)7-3-10-2-6(11-7)9(14)15/h2-3,5,16H,1,4H2,(H,14,15). The number of carboxylic acids is 1. The Morgan fingerprint density at radius 3 is 2.88 bits per heavy atom. The Balaban J connectivity index is 2.30. The first-order valence-electron chi connectivity index (χ1n) is 4.61. The number of thiol groups is 1. The molecule has 6 nitrogen and oxygen atoms in total. The summed E-state index contributed by atoms with van der Waals surface area (Å²) in [6.45, 7) is 0.430. The van der Waals surface area contributed by atoms with E-state index in [-0.39, 0.29) is 22.7 Å². The lowest BCUT2D eigenvalue weighted by molar-refractivity contribution is -0.117. The lowest BCUT2D eigenvalue weighted by Crippen LogP contribution is -2.26. The van der Waals surface area contributed by atoms with Crippen LogP contribution in [-0.4, -0.2) is 38.7 Å². The van der Waals surface area contributed by atoms with Crippen molar-refractivity contribution in [1.82, 2.24) is 9.97 Å². The van der Waals surface area contributed by atoms with Crippen LogP contribution in [0.25, 0.3) is 0 Å². The molecule has 1 fully saturated rings. The fraction of sp³-hybridized carbons (Fsp3) is 0.333. The molecule has 7 heteroatoms. The molecule has 1 atom stereocenters. The number of hydrogen-bond donors (Lipinski definition) is 2. The molecule has 1 saturated heterocycles. The van der Waals surface area contributed by atoms with E-state index in [4.69, 9.17) is 5.11 Å². The van der Waals surface area contributed by atoms with E-state index < -0.39 is 5.97 Å². The largest absolute Gasteiger partial charge is 0.476 e. The molecule has 1 amide bonds. The maximum absolute atomic E-state index is 11.5. The summed E-state index contributed by atoms with van der Waals surface area (Å²) in [6.07, 6.45) is 2.85. The number of aromatic nitrogens is 2. The van der Waals surface area contributed by atoms with E-state index in [1.807, 2.05) is 0 Å². The van der Waals surface area contributed by atoms with Gasteiger partial charge in [0.1, 0.15) is 0 Å². The van der Waals surface area contributed by atoms with Crippen LogP contribution in [0.2, 0.25) is 0 Å². The summed E-state index contributed by atoms with van der Waals surface area (Å²) in [4.78, 5) is 31.2. The first-order valence-corrected chi connectivity index (χ1v) is 5.13. The van der Waals surface area contributed by atoms with Gasteiger partial charge in [0.25, 0.3) is 0 Å². The summed E-state index contributed by atoms with van der Waals surface area (Å²) < 4.78 is 0. The van der Waals surface area contributed by atoms with E-state index in [2.05, 4.69) is 22.6 Å². The third-order valence-electron chi connectivity index (χ3n) is 2.22. The smallest absolute Gasteiger partial charge is 0.356 e. The molecule has 84 valence electrons. The third kappa shape index (κ3) is 1.99. The number of anilines is 1. The van der Waals surface area contributed by atoms with Crippen LogP contribution in [0, 0.1) is 0 Å². The third-order valence-corrected chi connectivity index (χ3v) is 2.57. The maximum atomic E-state index is 11.5. The number of carbonyl (C=O) groups is 2. The molecule has 16 heavy (non-hydrogen) atoms. The van der Waals surface area contributed by atoms with E-state index in [9.17, 15) is 9.59 Å². The van der Waals surface area contributed by atoms with Crippen LogP contribution in [0.5, 0.6) is 0 Å². The molecule has 2 rings (SSSR count). The molecule has 1 unspecified atom stereocenters. The Morgan fingerprint density at radius 1 is 1.56 bits per heavy atom. The average molecular weight is 239 g/mol. The summed E-state index contributed by atoms with van der Waals surface area (Å²) in [7, 11) is 0. The van der Waals surface area contributed by atoms with Gasteiger partial charge in [0.15, 0.2) is 11.5 Å². The highest BCUT2D eigenvalue weighted by molar-refractivity contribution is 7.81. The van der Waals surface area contributed by atoms with E-state index >= 15 is 0 Å². The molecule has 0 aliphatic carbocycles. The van der Waals surface area contributed by atoms with E-state index in [0.29, 0.717) is 13.0 Å². The van der Waals surface area contributed by atoms with Crippen LogP contribution in [0.3, 0.4) is 0 Å². The average Bonchev–Trinajstić information content (AvgIpc) is 2.58. The predicted molar refractivity (Wildman–Crippen MR) is 58.7 cm³/mol. The second kappa shape index (κ2) is 4.09. The molecule has 0 bridgehead atoms. The zero-order valence-electron chi connectivity index (χ0n) is 8.20. The SMILES string of the molecule is O=C(O)c1cncc(N2CC(S)CC2=O)n1. The van der Waals surface area contributed by atoms with Crippen molar-refractivity contribution in [2.45, 2.75) is 11.7 Å². The first-order chi connectivity index (χ1) is 7.58. The van der Waals surface area contributed by atoms with Gasteiger partial charge in [-0.2, -0.15) is 12.6 Å². The molecule has 1 aliphatic rings. The fourth-order valence-electron chi connectivity index (χ4n) is 1.50. The quantitative estimate of drug-likeness (QED) is 0.721. The van der Waals surface area contributed by atoms with E-state index in [1.165, 1.54) is 11.1 Å². The number of rotatable bonds is 2. The highest BCUT2D eigenvalue weighted by Gasteiger charge is 2.29. The second-order valence-corrected chi connectivity index (χ2v) is 4.16. The molecule has 0 aromatic carbocycles. The van der Waals surface area contributed by atoms with Crippen LogP contribution in [0.4, 0.5) is 5.82 Å². The molecule has 1 N–H and O–H groups in total. The van der Waals surface area contributed by atoms with Gasteiger partial charge in [-0.15, -0.1) is 0 Å². The molecule has 1 aliphatic heterocycles. The molecule has 0 spiro atoms. The van der Waals surface area contributed by atoms with Crippen molar-refractivity contribution in [3.8, 4) is 0 Å². The minimum atomic E-state index is -1.16. The Kier molecular flexibility index (Phi) is 2.78. The monoisotopic (exact) mass is 239 g/mol. The van der Waals surface area contributed by atoms with Crippen LogP contribution < -0.4 is 4.90 Å². The van der Waals surface area contributed by atoms with Crippen molar-refractivity contribution >= 4 is 30.3 Å². The molecule has 1 aromatic rings. The van der Waals surface area contributed by atoms with E-state index in [0.717, 1.165) is 6.20 Å². The summed E-state index contributed by atoms with van der Waals surface area (Å²) in [6, 6.07) is 0. The molecule has 0 radical (unpaired) electrons. The number of carbonyl (C=O) groups excluding carboxylic acids is 1. The van der Waals surface area contributed by atoms with Gasteiger partial charge in [0.05, 0.1) is 12.4 Å². The van der Waals surface area contributed by atoms with Gasteiger partial charge in [-0.3, -0.25) is 14.7 Å². The normalized spacial score (nSPS) is 20.2. The van der Waals surface area contributed by atoms with Crippen LogP contribution >= 0.6 is 12.6 Å². The number of aromatic carboxylic acids is 1. The molecule has 2 heterocycles. The zero-order chi connectivity index (χ0) is 11.7. The summed E-state index contributed by atoms with van der Waals surface area (Å²) >= 11 is 4.20. The Morgan fingerprint density at radius 2 is 2.31 bits per heavy atom. The van der Waals surface area contributed by atoms with Crippen molar-refractivity contribution in [3.63, 3.8) is 0 Å². The lowest BCUT2D eigenvalue weighted by Gasteiger charge is -2.14. The highest BCUT2D eigenvalue weighted by atomic mass is 32.1.